The van der Waals surface area contributed by atoms with E-state index in [1.807, 2.05) is 0 Å². The largest absolute Gasteiger partial charge is 0.490 e. The van der Waals surface area contributed by atoms with Gasteiger partial charge in [0.2, 0.25) is 5.95 Å². The van der Waals surface area contributed by atoms with Gasteiger partial charge in [-0.2, -0.15) is 5.26 Å². The molecular formula is C20H22N6O3. The number of amides is 1. The van der Waals surface area contributed by atoms with Gasteiger partial charge in [-0.25, -0.2) is 9.97 Å². The standard InChI is InChI=1S/C20H22N6O3/c1-28-20(3-7-25(8-4-20)19-23-5-2-6-24-19)18(27)26-9-10-29-17-15(11-21)12-22-13-16(17)14-26/h2,5-6,12-13H,3-4,7-10,14H2,1H3. The molecule has 0 radical (unpaired) electrons. The Labute approximate surface area is 168 Å². The Morgan fingerprint density at radius 2 is 2.00 bits per heavy atom. The normalized spacial score (nSPS) is 18.2. The molecule has 2 aromatic heterocycles. The number of hydrogen-bond donors (Lipinski definition) is 0. The molecular weight excluding hydrogens is 372 g/mol. The van der Waals surface area contributed by atoms with E-state index in [0.717, 1.165) is 5.56 Å². The van der Waals surface area contributed by atoms with Crippen LogP contribution < -0.4 is 9.64 Å². The summed E-state index contributed by atoms with van der Waals surface area (Å²) in [4.78, 5) is 30.0. The summed E-state index contributed by atoms with van der Waals surface area (Å²) in [6.07, 6.45) is 7.64. The maximum atomic E-state index is 13.5. The number of ether oxygens (including phenoxy) is 2. The highest BCUT2D eigenvalue weighted by atomic mass is 16.5. The molecule has 0 unspecified atom stereocenters. The Bertz CT molecular complexity index is 922. The first-order valence-electron chi connectivity index (χ1n) is 9.53. The second kappa shape index (κ2) is 8.01. The minimum atomic E-state index is -0.893. The molecule has 2 aliphatic heterocycles. The topological polar surface area (TPSA) is 104 Å². The molecule has 9 nitrogen and oxygen atoms in total. The van der Waals surface area contributed by atoms with Crippen molar-refractivity contribution in [2.45, 2.75) is 25.0 Å². The fourth-order valence-corrected chi connectivity index (χ4v) is 3.89. The number of nitrogens with zero attached hydrogens (tertiary/aromatic N) is 6. The van der Waals surface area contributed by atoms with Crippen molar-refractivity contribution in [2.24, 2.45) is 0 Å². The van der Waals surface area contributed by atoms with Gasteiger partial charge in [0, 0.05) is 63.4 Å². The zero-order chi connectivity index (χ0) is 20.3. The Kier molecular flexibility index (Phi) is 5.27. The lowest BCUT2D eigenvalue weighted by molar-refractivity contribution is -0.158. The molecule has 2 aromatic rings. The van der Waals surface area contributed by atoms with E-state index in [1.54, 1.807) is 36.7 Å². The maximum absolute atomic E-state index is 13.5. The highest BCUT2D eigenvalue weighted by Gasteiger charge is 2.45. The van der Waals surface area contributed by atoms with Crippen LogP contribution in [0, 0.1) is 11.3 Å². The van der Waals surface area contributed by atoms with Gasteiger partial charge < -0.3 is 19.3 Å². The highest BCUT2D eigenvalue weighted by molar-refractivity contribution is 5.86. The van der Waals surface area contributed by atoms with Crippen LogP contribution in [-0.2, 0) is 16.1 Å². The van der Waals surface area contributed by atoms with E-state index in [1.165, 1.54) is 6.20 Å². The van der Waals surface area contributed by atoms with Crippen molar-refractivity contribution in [3.05, 3.63) is 42.0 Å². The summed E-state index contributed by atoms with van der Waals surface area (Å²) in [7, 11) is 1.59. The first-order valence-corrected chi connectivity index (χ1v) is 9.53. The zero-order valence-corrected chi connectivity index (χ0v) is 16.2. The molecule has 29 heavy (non-hydrogen) atoms. The third kappa shape index (κ3) is 3.59. The number of rotatable bonds is 3. The molecule has 1 saturated heterocycles. The molecule has 0 spiro atoms. The van der Waals surface area contributed by atoms with Gasteiger partial charge in [-0.1, -0.05) is 0 Å². The summed E-state index contributed by atoms with van der Waals surface area (Å²) in [6.45, 7) is 2.35. The number of carbonyl (C=O) groups is 1. The van der Waals surface area contributed by atoms with Crippen LogP contribution in [0.5, 0.6) is 5.75 Å². The van der Waals surface area contributed by atoms with E-state index in [9.17, 15) is 10.1 Å². The molecule has 0 aliphatic carbocycles. The van der Waals surface area contributed by atoms with Gasteiger partial charge in [0.1, 0.15) is 29.6 Å². The van der Waals surface area contributed by atoms with Gasteiger partial charge in [0.15, 0.2) is 0 Å². The van der Waals surface area contributed by atoms with Gasteiger partial charge in [0.25, 0.3) is 5.91 Å². The van der Waals surface area contributed by atoms with E-state index in [4.69, 9.17) is 9.47 Å². The number of anilines is 1. The van der Waals surface area contributed by atoms with Gasteiger partial charge in [-0.3, -0.25) is 9.78 Å². The Morgan fingerprint density at radius 1 is 1.24 bits per heavy atom. The average Bonchev–Trinajstić information content (AvgIpc) is 3.01. The van der Waals surface area contributed by atoms with E-state index in [2.05, 4.69) is 25.9 Å². The molecule has 4 rings (SSSR count). The number of nitriles is 1. The molecule has 0 atom stereocenters. The summed E-state index contributed by atoms with van der Waals surface area (Å²) in [5.41, 5.74) is 0.224. The van der Waals surface area contributed by atoms with Crippen LogP contribution in [0.4, 0.5) is 5.95 Å². The van der Waals surface area contributed by atoms with E-state index in [-0.39, 0.29) is 5.91 Å². The molecule has 2 aliphatic rings. The number of aromatic nitrogens is 3. The molecule has 0 N–H and O–H groups in total. The molecule has 1 fully saturated rings. The molecule has 150 valence electrons. The minimum absolute atomic E-state index is 0.0626. The molecule has 0 saturated carbocycles. The summed E-state index contributed by atoms with van der Waals surface area (Å²) in [6, 6.07) is 3.88. The van der Waals surface area contributed by atoms with E-state index < -0.39 is 5.60 Å². The quantitative estimate of drug-likeness (QED) is 0.764. The fourth-order valence-electron chi connectivity index (χ4n) is 3.89. The SMILES string of the molecule is COC1(C(=O)N2CCOc3c(C#N)cncc3C2)CCN(c2ncccn2)CC1. The van der Waals surface area contributed by atoms with Crippen molar-refractivity contribution in [1.29, 1.82) is 5.26 Å². The molecule has 0 aromatic carbocycles. The van der Waals surface area contributed by atoms with Crippen LogP contribution in [0.2, 0.25) is 0 Å². The van der Waals surface area contributed by atoms with Crippen LogP contribution in [0.3, 0.4) is 0 Å². The van der Waals surface area contributed by atoms with Crippen molar-refractivity contribution in [3.63, 3.8) is 0 Å². The Hall–Kier alpha value is -3.25. The second-order valence-corrected chi connectivity index (χ2v) is 7.10. The van der Waals surface area contributed by atoms with Crippen molar-refractivity contribution < 1.29 is 14.3 Å². The predicted molar refractivity (Wildman–Crippen MR) is 103 cm³/mol. The van der Waals surface area contributed by atoms with Crippen molar-refractivity contribution in [2.75, 3.05) is 38.3 Å². The maximum Gasteiger partial charge on any atom is 0.255 e. The van der Waals surface area contributed by atoms with Crippen LogP contribution in [0.1, 0.15) is 24.0 Å². The lowest BCUT2D eigenvalue weighted by Gasteiger charge is -2.41. The van der Waals surface area contributed by atoms with Gasteiger partial charge in [-0.05, 0) is 6.07 Å². The zero-order valence-electron chi connectivity index (χ0n) is 16.2. The molecule has 0 bridgehead atoms. The lowest BCUT2D eigenvalue weighted by Crippen LogP contribution is -2.56. The summed E-state index contributed by atoms with van der Waals surface area (Å²) < 4.78 is 11.5. The van der Waals surface area contributed by atoms with Gasteiger partial charge >= 0.3 is 0 Å². The van der Waals surface area contributed by atoms with Crippen LogP contribution in [0.25, 0.3) is 0 Å². The summed E-state index contributed by atoms with van der Waals surface area (Å²) in [5, 5.41) is 9.28. The third-order valence-corrected chi connectivity index (χ3v) is 5.53. The average molecular weight is 394 g/mol. The first-order chi connectivity index (χ1) is 14.2. The molecule has 9 heteroatoms. The lowest BCUT2D eigenvalue weighted by atomic mass is 9.89. The second-order valence-electron chi connectivity index (χ2n) is 7.10. The van der Waals surface area contributed by atoms with Crippen LogP contribution in [-0.4, -0.2) is 64.7 Å². The number of fused-ring (bicyclic) bond motifs is 1. The van der Waals surface area contributed by atoms with Crippen molar-refractivity contribution >= 4 is 11.9 Å². The highest BCUT2D eigenvalue weighted by Crippen LogP contribution is 2.32. The number of piperidine rings is 1. The Morgan fingerprint density at radius 3 is 2.69 bits per heavy atom. The summed E-state index contributed by atoms with van der Waals surface area (Å²) in [5.74, 6) is 1.12. The minimum Gasteiger partial charge on any atom is -0.490 e. The predicted octanol–water partition coefficient (Wildman–Crippen LogP) is 1.15. The van der Waals surface area contributed by atoms with Gasteiger partial charge in [0.05, 0.1) is 13.1 Å². The smallest absolute Gasteiger partial charge is 0.255 e. The van der Waals surface area contributed by atoms with E-state index in [0.29, 0.717) is 62.9 Å². The van der Waals surface area contributed by atoms with E-state index >= 15 is 0 Å². The number of pyridine rings is 1. The van der Waals surface area contributed by atoms with Crippen molar-refractivity contribution in [3.8, 4) is 11.8 Å². The fraction of sp³-hybridized carbons (Fsp3) is 0.450. The summed E-state index contributed by atoms with van der Waals surface area (Å²) >= 11 is 0. The number of hydrogen-bond acceptors (Lipinski definition) is 8. The van der Waals surface area contributed by atoms with Crippen LogP contribution >= 0.6 is 0 Å². The third-order valence-electron chi connectivity index (χ3n) is 5.53. The van der Waals surface area contributed by atoms with Crippen LogP contribution in [0.15, 0.2) is 30.9 Å². The number of methoxy groups -OCH3 is 1. The Balaban J connectivity index is 1.51. The van der Waals surface area contributed by atoms with Crippen molar-refractivity contribution in [1.82, 2.24) is 19.9 Å². The molecule has 1 amide bonds. The number of carbonyl (C=O) groups excluding carboxylic acids is 1. The van der Waals surface area contributed by atoms with Gasteiger partial charge in [-0.15, -0.1) is 0 Å². The monoisotopic (exact) mass is 394 g/mol. The molecule has 4 heterocycles. The first kappa shape index (κ1) is 19.1.